The van der Waals surface area contributed by atoms with Gasteiger partial charge in [-0.3, -0.25) is 14.8 Å². The van der Waals surface area contributed by atoms with Gasteiger partial charge in [0, 0.05) is 25.3 Å². The molecule has 0 spiro atoms. The van der Waals surface area contributed by atoms with Crippen LogP contribution < -0.4 is 15.5 Å². The Hall–Kier alpha value is -3.45. The van der Waals surface area contributed by atoms with Crippen molar-refractivity contribution in [2.75, 3.05) is 25.0 Å². The van der Waals surface area contributed by atoms with E-state index in [0.29, 0.717) is 32.3 Å². The van der Waals surface area contributed by atoms with E-state index >= 15 is 0 Å². The Morgan fingerprint density at radius 2 is 1.87 bits per heavy atom. The minimum absolute atomic E-state index is 0.146. The fourth-order valence-electron chi connectivity index (χ4n) is 4.36. The number of aliphatic hydroxyl groups is 1. The van der Waals surface area contributed by atoms with Gasteiger partial charge in [-0.2, -0.15) is 13.2 Å². The summed E-state index contributed by atoms with van der Waals surface area (Å²) in [5.41, 5.74) is 1.36. The lowest BCUT2D eigenvalue weighted by molar-refractivity contribution is -0.151. The molecule has 4 N–H and O–H groups in total. The van der Waals surface area contributed by atoms with Crippen molar-refractivity contribution in [2.24, 2.45) is 5.92 Å². The molecule has 0 aliphatic carbocycles. The molecule has 2 aromatic rings. The standard InChI is InChI=1S/C25H32F3N5O5/c1-2-38-18-8-6-16(7-9-18)4-3-5-19(21(34)22(35)32-37)23(36)33-14-11-17(12-15-33)30-24-29-13-10-20(31-24)25(26,27)28/h6-10,13,17,19,21,34,37H,2-5,11-12,14-15H2,1H3,(H,32,35)(H,29,30,31)/t19?,21-/m0/s1. The first-order valence-electron chi connectivity index (χ1n) is 12.4. The van der Waals surface area contributed by atoms with Crippen LogP contribution in [-0.2, 0) is 22.2 Å². The Kier molecular flexibility index (Phi) is 10.2. The summed E-state index contributed by atoms with van der Waals surface area (Å²) in [6, 6.07) is 8.04. The average molecular weight is 540 g/mol. The number of aromatic nitrogens is 2. The maximum Gasteiger partial charge on any atom is 0.433 e. The van der Waals surface area contributed by atoms with Crippen LogP contribution >= 0.6 is 0 Å². The summed E-state index contributed by atoms with van der Waals surface area (Å²) in [6.45, 7) is 2.97. The predicted molar refractivity (Wildman–Crippen MR) is 130 cm³/mol. The molecule has 3 rings (SSSR count). The SMILES string of the molecule is CCOc1ccc(CCCC(C(=O)N2CCC(Nc3nccc(C(F)(F)F)n3)CC2)[C@H](O)C(=O)NO)cc1. The molecule has 1 aliphatic rings. The van der Waals surface area contributed by atoms with Crippen molar-refractivity contribution in [3.63, 3.8) is 0 Å². The third kappa shape index (κ3) is 8.02. The first kappa shape index (κ1) is 29.1. The van der Waals surface area contributed by atoms with E-state index in [9.17, 15) is 27.9 Å². The summed E-state index contributed by atoms with van der Waals surface area (Å²) in [5, 5.41) is 22.3. The topological polar surface area (TPSA) is 137 Å². The number of ether oxygens (including phenoxy) is 1. The number of aliphatic hydroxyl groups excluding tert-OH is 1. The van der Waals surface area contributed by atoms with Gasteiger partial charge in [0.05, 0.1) is 12.5 Å². The van der Waals surface area contributed by atoms with Gasteiger partial charge in [-0.15, -0.1) is 0 Å². The van der Waals surface area contributed by atoms with Crippen molar-refractivity contribution in [3.8, 4) is 5.75 Å². The fourth-order valence-corrected chi connectivity index (χ4v) is 4.36. The third-order valence-corrected chi connectivity index (χ3v) is 6.38. The molecule has 10 nitrogen and oxygen atoms in total. The predicted octanol–water partition coefficient (Wildman–Crippen LogP) is 2.80. The number of anilines is 1. The normalized spacial score (nSPS) is 16.0. The maximum absolute atomic E-state index is 13.3. The lowest BCUT2D eigenvalue weighted by Crippen LogP contribution is -2.50. The van der Waals surface area contributed by atoms with Gasteiger partial charge < -0.3 is 20.1 Å². The van der Waals surface area contributed by atoms with Gasteiger partial charge in [0.2, 0.25) is 11.9 Å². The van der Waals surface area contributed by atoms with Crippen LogP contribution in [0.2, 0.25) is 0 Å². The second-order valence-electron chi connectivity index (χ2n) is 9.00. The molecule has 0 bridgehead atoms. The highest BCUT2D eigenvalue weighted by Gasteiger charge is 2.36. The fraction of sp³-hybridized carbons (Fsp3) is 0.520. The Bertz CT molecular complexity index is 1060. The number of hydrogen-bond acceptors (Lipinski definition) is 8. The second-order valence-corrected chi connectivity index (χ2v) is 9.00. The second kappa shape index (κ2) is 13.4. The van der Waals surface area contributed by atoms with E-state index in [2.05, 4.69) is 15.3 Å². The van der Waals surface area contributed by atoms with Gasteiger partial charge in [0.15, 0.2) is 0 Å². The zero-order chi connectivity index (χ0) is 27.7. The number of nitrogens with zero attached hydrogens (tertiary/aromatic N) is 3. The number of piperidine rings is 1. The molecule has 1 saturated heterocycles. The van der Waals surface area contributed by atoms with Gasteiger partial charge in [-0.05, 0) is 62.8 Å². The quantitative estimate of drug-likeness (QED) is 0.253. The first-order valence-corrected chi connectivity index (χ1v) is 12.4. The van der Waals surface area contributed by atoms with Crippen LogP contribution in [0.15, 0.2) is 36.5 Å². The van der Waals surface area contributed by atoms with Crippen LogP contribution in [0.4, 0.5) is 19.1 Å². The number of amides is 2. The average Bonchev–Trinajstić information content (AvgIpc) is 2.91. The number of halogens is 3. The number of nitrogens with one attached hydrogen (secondary N) is 2. The number of benzene rings is 1. The molecular weight excluding hydrogens is 507 g/mol. The first-order chi connectivity index (χ1) is 18.1. The van der Waals surface area contributed by atoms with Crippen molar-refractivity contribution < 1.29 is 37.8 Å². The number of carbonyl (C=O) groups is 2. The van der Waals surface area contributed by atoms with E-state index in [-0.39, 0.29) is 31.5 Å². The zero-order valence-corrected chi connectivity index (χ0v) is 20.9. The van der Waals surface area contributed by atoms with Gasteiger partial charge in [0.1, 0.15) is 17.5 Å². The van der Waals surface area contributed by atoms with E-state index in [0.717, 1.165) is 23.6 Å². The van der Waals surface area contributed by atoms with E-state index in [1.165, 1.54) is 10.4 Å². The highest BCUT2D eigenvalue weighted by Crippen LogP contribution is 2.28. The summed E-state index contributed by atoms with van der Waals surface area (Å²) in [7, 11) is 0. The smallest absolute Gasteiger partial charge is 0.433 e. The summed E-state index contributed by atoms with van der Waals surface area (Å²) in [6.07, 6.45) is -3.16. The Morgan fingerprint density at radius 3 is 2.47 bits per heavy atom. The molecule has 2 atom stereocenters. The minimum Gasteiger partial charge on any atom is -0.494 e. The van der Waals surface area contributed by atoms with Crippen molar-refractivity contribution in [3.05, 3.63) is 47.8 Å². The number of aryl methyl sites for hydroxylation is 1. The largest absolute Gasteiger partial charge is 0.494 e. The highest BCUT2D eigenvalue weighted by atomic mass is 19.4. The van der Waals surface area contributed by atoms with E-state index in [1.54, 1.807) is 0 Å². The number of likely N-dealkylation sites (tertiary alicyclic amines) is 1. The van der Waals surface area contributed by atoms with Crippen molar-refractivity contribution in [1.29, 1.82) is 0 Å². The summed E-state index contributed by atoms with van der Waals surface area (Å²) >= 11 is 0. The lowest BCUT2D eigenvalue weighted by atomic mass is 9.91. The number of carbonyl (C=O) groups excluding carboxylic acids is 2. The van der Waals surface area contributed by atoms with Crippen molar-refractivity contribution >= 4 is 17.8 Å². The highest BCUT2D eigenvalue weighted by molar-refractivity contribution is 5.88. The molecule has 0 saturated carbocycles. The van der Waals surface area contributed by atoms with Crippen LogP contribution in [0.5, 0.6) is 5.75 Å². The molecule has 1 aromatic heterocycles. The molecule has 208 valence electrons. The molecule has 2 amide bonds. The minimum atomic E-state index is -4.58. The molecule has 1 unspecified atom stereocenters. The Morgan fingerprint density at radius 1 is 1.18 bits per heavy atom. The van der Waals surface area contributed by atoms with Gasteiger partial charge in [0.25, 0.3) is 5.91 Å². The zero-order valence-electron chi connectivity index (χ0n) is 20.9. The van der Waals surface area contributed by atoms with Crippen LogP contribution in [0.3, 0.4) is 0 Å². The van der Waals surface area contributed by atoms with Gasteiger partial charge >= 0.3 is 6.18 Å². The maximum atomic E-state index is 13.3. The van der Waals surface area contributed by atoms with E-state index < -0.39 is 35.7 Å². The summed E-state index contributed by atoms with van der Waals surface area (Å²) < 4.78 is 44.1. The van der Waals surface area contributed by atoms with Crippen LogP contribution in [0.1, 0.15) is 43.9 Å². The molecule has 38 heavy (non-hydrogen) atoms. The number of alkyl halides is 3. The molecule has 1 fully saturated rings. The van der Waals surface area contributed by atoms with Gasteiger partial charge in [-0.25, -0.2) is 15.4 Å². The van der Waals surface area contributed by atoms with Crippen molar-refractivity contribution in [2.45, 2.75) is 57.3 Å². The van der Waals surface area contributed by atoms with Crippen LogP contribution in [0, 0.1) is 5.92 Å². The summed E-state index contributed by atoms with van der Waals surface area (Å²) in [4.78, 5) is 34.0. The van der Waals surface area contributed by atoms with Crippen LogP contribution in [0.25, 0.3) is 0 Å². The van der Waals surface area contributed by atoms with Crippen LogP contribution in [-0.4, -0.2) is 68.8 Å². The number of rotatable bonds is 11. The lowest BCUT2D eigenvalue weighted by Gasteiger charge is -2.35. The Labute approximate surface area is 218 Å². The molecule has 0 radical (unpaired) electrons. The molecule has 1 aliphatic heterocycles. The van der Waals surface area contributed by atoms with E-state index in [1.807, 2.05) is 31.2 Å². The molecule has 1 aromatic carbocycles. The monoisotopic (exact) mass is 539 g/mol. The van der Waals surface area contributed by atoms with E-state index in [4.69, 9.17) is 9.94 Å². The van der Waals surface area contributed by atoms with Crippen molar-refractivity contribution in [1.82, 2.24) is 20.3 Å². The number of hydroxylamine groups is 1. The molecule has 13 heteroatoms. The van der Waals surface area contributed by atoms with Gasteiger partial charge in [-0.1, -0.05) is 12.1 Å². The Balaban J connectivity index is 1.57. The molecular formula is C25H32F3N5O5. The third-order valence-electron chi connectivity index (χ3n) is 6.38. The number of hydrogen-bond donors (Lipinski definition) is 4. The molecule has 2 heterocycles. The summed E-state index contributed by atoms with van der Waals surface area (Å²) in [5.74, 6) is -1.96.